The van der Waals surface area contributed by atoms with Gasteiger partial charge in [-0.1, -0.05) is 18.2 Å². The molecule has 2 amide bonds. The summed E-state index contributed by atoms with van der Waals surface area (Å²) in [6.07, 6.45) is -5.12. The zero-order valence-corrected chi connectivity index (χ0v) is 22.2. The molecule has 0 aliphatic rings. The van der Waals surface area contributed by atoms with Crippen LogP contribution in [0.25, 0.3) is 0 Å². The van der Waals surface area contributed by atoms with E-state index in [4.69, 9.17) is 9.47 Å². The summed E-state index contributed by atoms with van der Waals surface area (Å²) in [5.74, 6) is -0.262. The minimum Gasteiger partial charge on any atom is -0.491 e. The van der Waals surface area contributed by atoms with Crippen LogP contribution in [0.5, 0.6) is 5.75 Å². The summed E-state index contributed by atoms with van der Waals surface area (Å²) in [5.41, 5.74) is 0.0458. The number of carbonyl (C=O) groups excluding carboxylic acids is 2. The molecule has 0 aliphatic heterocycles. The van der Waals surface area contributed by atoms with Crippen LogP contribution < -0.4 is 20.7 Å². The number of alkyl halides is 3. The minimum atomic E-state index is -4.50. The number of para-hydroxylation sites is 1. The van der Waals surface area contributed by atoms with Crippen molar-refractivity contribution in [2.45, 2.75) is 46.0 Å². The Morgan fingerprint density at radius 3 is 2.47 bits per heavy atom. The fourth-order valence-corrected chi connectivity index (χ4v) is 3.95. The largest absolute Gasteiger partial charge is 0.491 e. The van der Waals surface area contributed by atoms with Crippen LogP contribution in [0.2, 0.25) is 0 Å². The lowest BCUT2D eigenvalue weighted by Crippen LogP contribution is -2.34. The lowest BCUT2D eigenvalue weighted by atomic mass is 10.1. The Hall–Kier alpha value is -3.80. The number of hydrogen-bond donors (Lipinski definition) is 3. The second kappa shape index (κ2) is 12.2. The van der Waals surface area contributed by atoms with E-state index >= 15 is 0 Å². The van der Waals surface area contributed by atoms with Crippen molar-refractivity contribution in [3.05, 3.63) is 70.2 Å². The average Bonchev–Trinajstić information content (AvgIpc) is 3.23. The maximum absolute atomic E-state index is 13.3. The summed E-state index contributed by atoms with van der Waals surface area (Å²) < 4.78 is 51.0. The van der Waals surface area contributed by atoms with Crippen LogP contribution in [-0.2, 0) is 17.5 Å². The van der Waals surface area contributed by atoms with Crippen molar-refractivity contribution >= 4 is 34.2 Å². The molecule has 3 N–H and O–H groups in total. The van der Waals surface area contributed by atoms with Crippen LogP contribution >= 0.6 is 11.3 Å². The number of ether oxygens (including phenoxy) is 2. The zero-order chi connectivity index (χ0) is 27.9. The number of aryl methyl sites for hydroxylation is 1. The molecule has 0 unspecified atom stereocenters. The maximum Gasteiger partial charge on any atom is 0.418 e. The highest BCUT2D eigenvalue weighted by Gasteiger charge is 2.33. The molecule has 8 nitrogen and oxygen atoms in total. The van der Waals surface area contributed by atoms with E-state index in [2.05, 4.69) is 20.9 Å². The molecule has 0 radical (unpaired) electrons. The van der Waals surface area contributed by atoms with Gasteiger partial charge in [-0.15, -0.1) is 11.3 Å². The van der Waals surface area contributed by atoms with Crippen molar-refractivity contribution in [2.24, 2.45) is 0 Å². The molecule has 0 saturated heterocycles. The SMILES string of the molecule is Cc1csc(NC(=O)c2ccc(CNc3ccccc3C(F)(F)F)cc2OCCNC(=O)OC(C)(C)C)n1. The summed E-state index contributed by atoms with van der Waals surface area (Å²) >= 11 is 1.27. The Morgan fingerprint density at radius 2 is 1.82 bits per heavy atom. The molecule has 0 spiro atoms. The van der Waals surface area contributed by atoms with Crippen LogP contribution in [0.4, 0.5) is 28.8 Å². The van der Waals surface area contributed by atoms with Crippen molar-refractivity contribution in [3.63, 3.8) is 0 Å². The Balaban J connectivity index is 1.74. The molecule has 1 aromatic heterocycles. The molecular formula is C26H29F3N4O4S. The van der Waals surface area contributed by atoms with Gasteiger partial charge in [-0.3, -0.25) is 10.1 Å². The normalized spacial score (nSPS) is 11.6. The van der Waals surface area contributed by atoms with Crippen LogP contribution in [0.1, 0.15) is 48.0 Å². The van der Waals surface area contributed by atoms with Gasteiger partial charge in [0.15, 0.2) is 5.13 Å². The molecule has 12 heteroatoms. The van der Waals surface area contributed by atoms with Gasteiger partial charge in [0.2, 0.25) is 0 Å². The number of nitrogens with zero attached hydrogens (tertiary/aromatic N) is 1. The highest BCUT2D eigenvalue weighted by molar-refractivity contribution is 7.13. The van der Waals surface area contributed by atoms with Crippen molar-refractivity contribution in [3.8, 4) is 5.75 Å². The molecule has 0 fully saturated rings. The standard InChI is InChI=1S/C26H29F3N4O4S/c1-16-15-38-23(32-16)33-22(34)18-10-9-17(14-31-20-8-6-5-7-19(20)26(27,28)29)13-21(18)36-12-11-30-24(35)37-25(2,3)4/h5-10,13,15,31H,11-12,14H2,1-4H3,(H,30,35)(H,32,33,34). The Labute approximate surface area is 222 Å². The molecule has 0 aliphatic carbocycles. The molecule has 3 aromatic rings. The maximum atomic E-state index is 13.3. The van der Waals surface area contributed by atoms with Crippen LogP contribution in [-0.4, -0.2) is 35.7 Å². The smallest absolute Gasteiger partial charge is 0.418 e. The van der Waals surface area contributed by atoms with E-state index in [1.807, 2.05) is 0 Å². The number of benzene rings is 2. The predicted octanol–water partition coefficient (Wildman–Crippen LogP) is 6.24. The molecule has 38 heavy (non-hydrogen) atoms. The van der Waals surface area contributed by atoms with Gasteiger partial charge in [-0.2, -0.15) is 13.2 Å². The molecule has 1 heterocycles. The highest BCUT2D eigenvalue weighted by Crippen LogP contribution is 2.35. The molecular weight excluding hydrogens is 521 g/mol. The molecule has 0 saturated carbocycles. The van der Waals surface area contributed by atoms with Crippen LogP contribution in [0, 0.1) is 6.92 Å². The lowest BCUT2D eigenvalue weighted by Gasteiger charge is -2.20. The van der Waals surface area contributed by atoms with Crippen molar-refractivity contribution in [1.82, 2.24) is 10.3 Å². The average molecular weight is 551 g/mol. The van der Waals surface area contributed by atoms with E-state index in [-0.39, 0.29) is 36.7 Å². The van der Waals surface area contributed by atoms with Crippen LogP contribution in [0.3, 0.4) is 0 Å². The monoisotopic (exact) mass is 550 g/mol. The summed E-state index contributed by atoms with van der Waals surface area (Å²) in [6, 6.07) is 9.90. The number of anilines is 2. The van der Waals surface area contributed by atoms with Gasteiger partial charge >= 0.3 is 12.3 Å². The summed E-state index contributed by atoms with van der Waals surface area (Å²) in [6.45, 7) is 7.19. The molecule has 2 aromatic carbocycles. The number of amides is 2. The van der Waals surface area contributed by atoms with E-state index in [0.29, 0.717) is 10.7 Å². The number of alkyl carbamates (subject to hydrolysis) is 1. The predicted molar refractivity (Wildman–Crippen MR) is 140 cm³/mol. The fraction of sp³-hybridized carbons (Fsp3) is 0.346. The van der Waals surface area contributed by atoms with E-state index in [0.717, 1.165) is 11.8 Å². The van der Waals surface area contributed by atoms with Gasteiger partial charge in [0.25, 0.3) is 5.91 Å². The number of halogens is 3. The summed E-state index contributed by atoms with van der Waals surface area (Å²) in [7, 11) is 0. The Bertz CT molecular complexity index is 1270. The van der Waals surface area contributed by atoms with Gasteiger partial charge in [0, 0.05) is 17.6 Å². The molecule has 0 atom stereocenters. The van der Waals surface area contributed by atoms with Gasteiger partial charge in [0.1, 0.15) is 18.0 Å². The number of aromatic nitrogens is 1. The first-order valence-corrected chi connectivity index (χ1v) is 12.6. The number of nitrogens with one attached hydrogen (secondary N) is 3. The van der Waals surface area contributed by atoms with Crippen molar-refractivity contribution in [1.29, 1.82) is 0 Å². The fourth-order valence-electron chi connectivity index (χ4n) is 3.27. The van der Waals surface area contributed by atoms with Gasteiger partial charge in [0.05, 0.1) is 23.4 Å². The number of rotatable bonds is 9. The Morgan fingerprint density at radius 1 is 1.08 bits per heavy atom. The minimum absolute atomic E-state index is 0.0175. The van der Waals surface area contributed by atoms with E-state index in [9.17, 15) is 22.8 Å². The van der Waals surface area contributed by atoms with Crippen molar-refractivity contribution < 1.29 is 32.2 Å². The van der Waals surface area contributed by atoms with E-state index < -0.39 is 29.3 Å². The first-order chi connectivity index (χ1) is 17.8. The van der Waals surface area contributed by atoms with Gasteiger partial charge in [-0.05, 0) is 57.5 Å². The third kappa shape index (κ3) is 8.65. The Kier molecular flexibility index (Phi) is 9.21. The number of hydrogen-bond acceptors (Lipinski definition) is 7. The topological polar surface area (TPSA) is 102 Å². The lowest BCUT2D eigenvalue weighted by molar-refractivity contribution is -0.137. The van der Waals surface area contributed by atoms with Crippen LogP contribution in [0.15, 0.2) is 47.8 Å². The van der Waals surface area contributed by atoms with E-state index in [1.54, 1.807) is 45.2 Å². The first-order valence-electron chi connectivity index (χ1n) is 11.7. The van der Waals surface area contributed by atoms with E-state index in [1.165, 1.54) is 35.6 Å². The first kappa shape index (κ1) is 28.8. The third-order valence-electron chi connectivity index (χ3n) is 4.87. The molecule has 204 valence electrons. The van der Waals surface area contributed by atoms with Crippen molar-refractivity contribution in [2.75, 3.05) is 23.8 Å². The quantitative estimate of drug-likeness (QED) is 0.273. The van der Waals surface area contributed by atoms with Gasteiger partial charge < -0.3 is 20.1 Å². The summed E-state index contributed by atoms with van der Waals surface area (Å²) in [5, 5.41) is 10.3. The molecule has 3 rings (SSSR count). The summed E-state index contributed by atoms with van der Waals surface area (Å²) in [4.78, 5) is 29.0. The highest BCUT2D eigenvalue weighted by atomic mass is 32.1. The number of carbonyl (C=O) groups is 2. The second-order valence-corrected chi connectivity index (χ2v) is 10.1. The third-order valence-corrected chi connectivity index (χ3v) is 5.75. The number of thiazole rings is 1. The second-order valence-electron chi connectivity index (χ2n) is 9.25. The zero-order valence-electron chi connectivity index (χ0n) is 21.4. The molecule has 0 bridgehead atoms. The van der Waals surface area contributed by atoms with Gasteiger partial charge in [-0.25, -0.2) is 9.78 Å².